The molecule has 0 unspecified atom stereocenters. The molecule has 0 aliphatic heterocycles. The van der Waals surface area contributed by atoms with E-state index >= 15 is 0 Å². The maximum atomic E-state index is 12.0. The average molecular weight is 419 g/mol. The van der Waals surface area contributed by atoms with Crippen LogP contribution in [0.15, 0.2) is 0 Å². The molecule has 6 heteroatoms. The largest absolute Gasteiger partial charge is 0.379 e. The number of nitrogens with one attached hydrogen (secondary N) is 2. The number of thioether (sulfide) groups is 1. The van der Waals surface area contributed by atoms with Crippen molar-refractivity contribution in [2.45, 2.75) is 73.1 Å². The molecule has 1 aliphatic rings. The second-order valence-corrected chi connectivity index (χ2v) is 8.88. The zero-order valence-electron chi connectivity index (χ0n) is 19.1. The van der Waals surface area contributed by atoms with Gasteiger partial charge in [0.2, 0.25) is 0 Å². The molecule has 1 rings (SSSR count). The molecule has 1 saturated carbocycles. The number of carbonyl (C=O) groups is 1. The van der Waals surface area contributed by atoms with Crippen molar-refractivity contribution in [3.05, 3.63) is 0 Å². The number of rotatable bonds is 15. The van der Waals surface area contributed by atoms with Gasteiger partial charge >= 0.3 is 6.03 Å². The van der Waals surface area contributed by atoms with Crippen LogP contribution in [0.4, 0.5) is 4.79 Å². The molecule has 0 heterocycles. The smallest absolute Gasteiger partial charge is 0.314 e. The fourth-order valence-corrected chi connectivity index (χ4v) is 4.39. The van der Waals surface area contributed by atoms with E-state index in [0.29, 0.717) is 37.7 Å². The van der Waals surface area contributed by atoms with Gasteiger partial charge in [-0.3, -0.25) is 0 Å². The molecule has 28 heavy (non-hydrogen) atoms. The summed E-state index contributed by atoms with van der Waals surface area (Å²) in [6.45, 7) is 14.5. The molecule has 1 aliphatic carbocycles. The zero-order chi connectivity index (χ0) is 21.1. The number of carbonyl (C=O) groups excluding carboxylic acids is 1. The first kappa shape index (κ1) is 27.5. The van der Waals surface area contributed by atoms with E-state index in [1.807, 2.05) is 25.6 Å². The Balaban J connectivity index is 0.00000352. The highest BCUT2D eigenvalue weighted by Gasteiger charge is 2.33. The molecule has 1 fully saturated rings. The van der Waals surface area contributed by atoms with Crippen molar-refractivity contribution in [3.63, 3.8) is 0 Å². The number of hydrogen-bond acceptors (Lipinski definition) is 4. The molecule has 0 spiro atoms. The summed E-state index contributed by atoms with van der Waals surface area (Å²) in [5, 5.41) is 5.96. The van der Waals surface area contributed by atoms with E-state index in [2.05, 4.69) is 31.4 Å². The average Bonchev–Trinajstić information content (AvgIpc) is 3.16. The van der Waals surface area contributed by atoms with E-state index in [9.17, 15) is 4.79 Å². The SMILES string of the molecule is CC.CCCSCC1(CNC(=O)NCCOCCOCCC(C)C)CCCC1. The van der Waals surface area contributed by atoms with Crippen LogP contribution in [-0.2, 0) is 9.47 Å². The summed E-state index contributed by atoms with van der Waals surface area (Å²) in [6, 6.07) is -0.0754. The van der Waals surface area contributed by atoms with Crippen molar-refractivity contribution >= 4 is 17.8 Å². The highest BCUT2D eigenvalue weighted by Crippen LogP contribution is 2.40. The molecule has 0 aromatic heterocycles. The summed E-state index contributed by atoms with van der Waals surface area (Å²) in [6.07, 6.45) is 7.37. The summed E-state index contributed by atoms with van der Waals surface area (Å²) in [5.41, 5.74) is 0.307. The lowest BCUT2D eigenvalue weighted by Crippen LogP contribution is -2.43. The van der Waals surface area contributed by atoms with Gasteiger partial charge in [0.05, 0.1) is 19.8 Å². The van der Waals surface area contributed by atoms with Gasteiger partial charge in [0, 0.05) is 25.4 Å². The van der Waals surface area contributed by atoms with Gasteiger partial charge in [0.25, 0.3) is 0 Å². The van der Waals surface area contributed by atoms with Crippen LogP contribution in [0.1, 0.15) is 73.1 Å². The first-order chi connectivity index (χ1) is 13.6. The highest BCUT2D eigenvalue weighted by molar-refractivity contribution is 7.99. The normalized spacial score (nSPS) is 15.2. The summed E-state index contributed by atoms with van der Waals surface area (Å²) in [5.74, 6) is 3.06. The molecular weight excluding hydrogens is 372 g/mol. The number of amides is 2. The molecule has 2 amide bonds. The van der Waals surface area contributed by atoms with Gasteiger partial charge in [-0.15, -0.1) is 0 Å². The van der Waals surface area contributed by atoms with Crippen LogP contribution in [0.3, 0.4) is 0 Å². The minimum atomic E-state index is -0.0754. The maximum absolute atomic E-state index is 12.0. The Labute approximate surface area is 178 Å². The van der Waals surface area contributed by atoms with Gasteiger partial charge in [-0.05, 0) is 42.8 Å². The fourth-order valence-electron chi connectivity index (χ4n) is 3.14. The van der Waals surface area contributed by atoms with Gasteiger partial charge in [0.1, 0.15) is 0 Å². The summed E-state index contributed by atoms with van der Waals surface area (Å²) < 4.78 is 11.0. The minimum Gasteiger partial charge on any atom is -0.379 e. The second-order valence-electron chi connectivity index (χ2n) is 7.78. The van der Waals surface area contributed by atoms with Gasteiger partial charge in [-0.1, -0.05) is 47.5 Å². The van der Waals surface area contributed by atoms with Gasteiger partial charge in [-0.2, -0.15) is 11.8 Å². The van der Waals surface area contributed by atoms with Crippen LogP contribution in [0.5, 0.6) is 0 Å². The summed E-state index contributed by atoms with van der Waals surface area (Å²) in [7, 11) is 0. The number of urea groups is 1. The first-order valence-corrected chi connectivity index (χ1v) is 12.5. The van der Waals surface area contributed by atoms with Crippen LogP contribution < -0.4 is 10.6 Å². The standard InChI is InChI=1S/C20H40N2O3S.C2H6/c1-4-15-26-17-20(8-5-6-9-20)16-22-19(23)21-10-12-25-14-13-24-11-7-18(2)3;1-2/h18H,4-17H2,1-3H3,(H2,21,22,23);1-2H3. The molecule has 0 saturated heterocycles. The monoisotopic (exact) mass is 418 g/mol. The van der Waals surface area contributed by atoms with Crippen LogP contribution >= 0.6 is 11.8 Å². The summed E-state index contributed by atoms with van der Waals surface area (Å²) >= 11 is 2.03. The molecule has 5 nitrogen and oxygen atoms in total. The Morgan fingerprint density at radius 2 is 1.68 bits per heavy atom. The lowest BCUT2D eigenvalue weighted by molar-refractivity contribution is 0.0455. The number of ether oxygens (including phenoxy) is 2. The summed E-state index contributed by atoms with van der Waals surface area (Å²) in [4.78, 5) is 12.0. The number of hydrogen-bond donors (Lipinski definition) is 2. The first-order valence-electron chi connectivity index (χ1n) is 11.3. The Morgan fingerprint density at radius 1 is 1.04 bits per heavy atom. The lowest BCUT2D eigenvalue weighted by atomic mass is 9.88. The van der Waals surface area contributed by atoms with Crippen molar-refractivity contribution < 1.29 is 14.3 Å². The molecule has 0 aromatic rings. The third-order valence-electron chi connectivity index (χ3n) is 4.79. The zero-order valence-corrected chi connectivity index (χ0v) is 19.9. The maximum Gasteiger partial charge on any atom is 0.314 e. The van der Waals surface area contributed by atoms with E-state index in [1.54, 1.807) is 0 Å². The molecule has 0 bridgehead atoms. The van der Waals surface area contributed by atoms with Crippen molar-refractivity contribution in [2.75, 3.05) is 51.0 Å². The van der Waals surface area contributed by atoms with E-state index in [1.165, 1.54) is 43.6 Å². The van der Waals surface area contributed by atoms with Gasteiger partial charge < -0.3 is 20.1 Å². The Hall–Kier alpha value is -0.460. The lowest BCUT2D eigenvalue weighted by Gasteiger charge is -2.29. The third kappa shape index (κ3) is 14.5. The van der Waals surface area contributed by atoms with Crippen molar-refractivity contribution in [1.29, 1.82) is 0 Å². The van der Waals surface area contributed by atoms with Crippen molar-refractivity contribution in [1.82, 2.24) is 10.6 Å². The quantitative estimate of drug-likeness (QED) is 0.363. The van der Waals surface area contributed by atoms with Crippen LogP contribution in [0.25, 0.3) is 0 Å². The minimum absolute atomic E-state index is 0.0754. The Bertz CT molecular complexity index is 362. The van der Waals surface area contributed by atoms with Crippen molar-refractivity contribution in [2.24, 2.45) is 11.3 Å². The van der Waals surface area contributed by atoms with Gasteiger partial charge in [-0.25, -0.2) is 4.79 Å². The molecule has 2 N–H and O–H groups in total. The van der Waals surface area contributed by atoms with E-state index in [0.717, 1.165) is 19.6 Å². The predicted octanol–water partition coefficient (Wildman–Crippen LogP) is 5.09. The highest BCUT2D eigenvalue weighted by atomic mass is 32.2. The second kappa shape index (κ2) is 18.6. The fraction of sp³-hybridized carbons (Fsp3) is 0.955. The van der Waals surface area contributed by atoms with Crippen LogP contribution in [0, 0.1) is 11.3 Å². The molecular formula is C22H46N2O3S. The van der Waals surface area contributed by atoms with Crippen molar-refractivity contribution in [3.8, 4) is 0 Å². The van der Waals surface area contributed by atoms with E-state index < -0.39 is 0 Å². The Morgan fingerprint density at radius 3 is 2.29 bits per heavy atom. The third-order valence-corrected chi connectivity index (χ3v) is 6.30. The molecule has 0 atom stereocenters. The molecule has 0 aromatic carbocycles. The topological polar surface area (TPSA) is 59.6 Å². The molecule has 0 radical (unpaired) electrons. The van der Waals surface area contributed by atoms with E-state index in [4.69, 9.17) is 9.47 Å². The predicted molar refractivity (Wildman–Crippen MR) is 122 cm³/mol. The van der Waals surface area contributed by atoms with E-state index in [-0.39, 0.29) is 6.03 Å². The Kier molecular flexibility index (Phi) is 18.3. The van der Waals surface area contributed by atoms with Gasteiger partial charge in [0.15, 0.2) is 0 Å². The molecule has 168 valence electrons. The van der Waals surface area contributed by atoms with Crippen LogP contribution in [0.2, 0.25) is 0 Å². The van der Waals surface area contributed by atoms with Crippen LogP contribution in [-0.4, -0.2) is 57.1 Å².